The normalized spacial score (nSPS) is 19.9. The van der Waals surface area contributed by atoms with E-state index in [2.05, 4.69) is 16.9 Å². The molecule has 1 N–H and O–H groups in total. The molecule has 7 nitrogen and oxygen atoms in total. The van der Waals surface area contributed by atoms with Crippen LogP contribution in [0.2, 0.25) is 0 Å². The minimum Gasteiger partial charge on any atom is -0.355 e. The molecule has 216 valence electrons. The van der Waals surface area contributed by atoms with E-state index in [1.807, 2.05) is 4.90 Å². The van der Waals surface area contributed by atoms with Gasteiger partial charge in [-0.25, -0.2) is 12.8 Å². The summed E-state index contributed by atoms with van der Waals surface area (Å²) < 4.78 is 80.5. The van der Waals surface area contributed by atoms with Gasteiger partial charge >= 0.3 is 6.18 Å². The van der Waals surface area contributed by atoms with E-state index < -0.39 is 33.1 Å². The Morgan fingerprint density at radius 2 is 1.70 bits per heavy atom. The van der Waals surface area contributed by atoms with Crippen molar-refractivity contribution in [2.75, 3.05) is 26.2 Å². The van der Waals surface area contributed by atoms with Gasteiger partial charge in [0.2, 0.25) is 15.9 Å². The van der Waals surface area contributed by atoms with Gasteiger partial charge in [-0.05, 0) is 80.1 Å². The second kappa shape index (κ2) is 11.7. The summed E-state index contributed by atoms with van der Waals surface area (Å²) in [6.45, 7) is 7.16. The number of nitrogens with one attached hydrogen (secondary N) is 1. The lowest BCUT2D eigenvalue weighted by Gasteiger charge is -2.34. The first kappa shape index (κ1) is 29.7. The highest BCUT2D eigenvalue weighted by Crippen LogP contribution is 2.30. The SMILES string of the molecule is C=C(CCN(Cc1ccc(C(F)(F)F)cc1)S(=O)(=O)c1ccc(F)cc1)C1=NC[C@](C)(C(=O)N2CCCCC2)N1. The highest BCUT2D eigenvalue weighted by Gasteiger charge is 2.41. The fourth-order valence-corrected chi connectivity index (χ4v) is 6.19. The Bertz CT molecular complexity index is 1370. The molecule has 0 bridgehead atoms. The quantitative estimate of drug-likeness (QED) is 0.434. The van der Waals surface area contributed by atoms with Gasteiger partial charge in [0, 0.05) is 26.2 Å². The number of piperidine rings is 1. The number of likely N-dealkylation sites (tertiary alicyclic amines) is 1. The number of nitrogens with zero attached hydrogens (tertiary/aromatic N) is 3. The second-order valence-corrected chi connectivity index (χ2v) is 12.3. The molecule has 4 rings (SSSR count). The zero-order valence-corrected chi connectivity index (χ0v) is 23.0. The summed E-state index contributed by atoms with van der Waals surface area (Å²) in [6.07, 6.45) is -1.37. The van der Waals surface area contributed by atoms with Gasteiger partial charge in [0.25, 0.3) is 0 Å². The Kier molecular flexibility index (Phi) is 8.69. The van der Waals surface area contributed by atoms with Crippen LogP contribution in [0, 0.1) is 5.82 Å². The van der Waals surface area contributed by atoms with Gasteiger partial charge in [0.15, 0.2) is 0 Å². The third kappa shape index (κ3) is 6.72. The number of alkyl halides is 3. The summed E-state index contributed by atoms with van der Waals surface area (Å²) in [5.41, 5.74) is -0.928. The maximum Gasteiger partial charge on any atom is 0.416 e. The predicted octanol–water partition coefficient (Wildman–Crippen LogP) is 4.75. The van der Waals surface area contributed by atoms with Gasteiger partial charge in [-0.1, -0.05) is 18.7 Å². The predicted molar refractivity (Wildman–Crippen MR) is 143 cm³/mol. The van der Waals surface area contributed by atoms with E-state index in [-0.39, 0.29) is 36.9 Å². The Balaban J connectivity index is 1.48. The monoisotopic (exact) mass is 580 g/mol. The molecule has 0 saturated carbocycles. The minimum absolute atomic E-state index is 0.0402. The maximum absolute atomic E-state index is 13.5. The zero-order chi connectivity index (χ0) is 29.1. The number of sulfonamides is 1. The Morgan fingerprint density at radius 3 is 2.30 bits per heavy atom. The molecule has 0 aromatic heterocycles. The molecule has 40 heavy (non-hydrogen) atoms. The van der Waals surface area contributed by atoms with E-state index in [1.165, 1.54) is 12.1 Å². The number of rotatable bonds is 9. The highest BCUT2D eigenvalue weighted by molar-refractivity contribution is 7.89. The van der Waals surface area contributed by atoms with Gasteiger partial charge in [0.05, 0.1) is 17.0 Å². The van der Waals surface area contributed by atoms with Crippen LogP contribution >= 0.6 is 0 Å². The van der Waals surface area contributed by atoms with Crippen molar-refractivity contribution in [1.29, 1.82) is 0 Å². The summed E-state index contributed by atoms with van der Waals surface area (Å²) in [4.78, 5) is 19.3. The molecule has 2 heterocycles. The van der Waals surface area contributed by atoms with Crippen LogP contribution in [0.4, 0.5) is 17.6 Å². The number of carbonyl (C=O) groups is 1. The minimum atomic E-state index is -4.52. The lowest BCUT2D eigenvalue weighted by molar-refractivity contribution is -0.138. The Labute approximate surface area is 231 Å². The molecule has 0 spiro atoms. The molecule has 0 radical (unpaired) electrons. The van der Waals surface area contributed by atoms with Crippen LogP contribution in [0.15, 0.2) is 70.6 Å². The molecular weight excluding hydrogens is 548 g/mol. The third-order valence-corrected chi connectivity index (χ3v) is 9.01. The smallest absolute Gasteiger partial charge is 0.355 e. The van der Waals surface area contributed by atoms with Crippen LogP contribution < -0.4 is 5.32 Å². The average Bonchev–Trinajstić information content (AvgIpc) is 3.34. The third-order valence-electron chi connectivity index (χ3n) is 7.15. The van der Waals surface area contributed by atoms with Gasteiger partial charge < -0.3 is 10.2 Å². The lowest BCUT2D eigenvalue weighted by Crippen LogP contribution is -2.57. The van der Waals surface area contributed by atoms with Crippen LogP contribution in [-0.2, 0) is 27.5 Å². The lowest BCUT2D eigenvalue weighted by atomic mass is 9.99. The van der Waals surface area contributed by atoms with Crippen molar-refractivity contribution >= 4 is 21.8 Å². The van der Waals surface area contributed by atoms with E-state index in [0.29, 0.717) is 30.1 Å². The molecule has 0 unspecified atom stereocenters. The highest BCUT2D eigenvalue weighted by atomic mass is 32.2. The van der Waals surface area contributed by atoms with E-state index in [0.717, 1.165) is 60.0 Å². The van der Waals surface area contributed by atoms with E-state index in [4.69, 9.17) is 0 Å². The number of aliphatic imine (C=N–C) groups is 1. The number of benzene rings is 2. The molecule has 2 aliphatic rings. The largest absolute Gasteiger partial charge is 0.416 e. The molecule has 12 heteroatoms. The molecule has 2 aromatic carbocycles. The summed E-state index contributed by atoms with van der Waals surface area (Å²) >= 11 is 0. The maximum atomic E-state index is 13.5. The Morgan fingerprint density at radius 1 is 1.07 bits per heavy atom. The van der Waals surface area contributed by atoms with Crippen LogP contribution in [0.5, 0.6) is 0 Å². The van der Waals surface area contributed by atoms with Crippen molar-refractivity contribution < 1.29 is 30.8 Å². The van der Waals surface area contributed by atoms with Crippen LogP contribution in [-0.4, -0.2) is 61.1 Å². The van der Waals surface area contributed by atoms with Gasteiger partial charge in [-0.3, -0.25) is 9.79 Å². The zero-order valence-electron chi connectivity index (χ0n) is 22.2. The molecule has 2 aliphatic heterocycles. The standard InChI is InChI=1S/C28H32F4N4O3S/c1-20(25-33-19-27(2,34-25)26(37)35-15-4-3-5-16-35)14-17-36(40(38,39)24-12-10-23(29)11-13-24)18-21-6-8-22(9-7-21)28(30,31)32/h6-13H,1,3-5,14-19H2,2H3,(H,33,34)/t27-/m1/s1. The van der Waals surface area contributed by atoms with Crippen LogP contribution in [0.1, 0.15) is 43.7 Å². The molecule has 1 amide bonds. The Hall–Kier alpha value is -3.25. The van der Waals surface area contributed by atoms with Crippen LogP contribution in [0.25, 0.3) is 0 Å². The molecule has 1 fully saturated rings. The summed E-state index contributed by atoms with van der Waals surface area (Å²) in [5, 5.41) is 3.18. The van der Waals surface area contributed by atoms with Crippen molar-refractivity contribution in [3.8, 4) is 0 Å². The van der Waals surface area contributed by atoms with Crippen molar-refractivity contribution in [3.63, 3.8) is 0 Å². The second-order valence-electron chi connectivity index (χ2n) is 10.3. The topological polar surface area (TPSA) is 82.1 Å². The van der Waals surface area contributed by atoms with Crippen molar-refractivity contribution in [2.24, 2.45) is 4.99 Å². The first-order chi connectivity index (χ1) is 18.8. The number of hydrogen-bond acceptors (Lipinski definition) is 5. The first-order valence-electron chi connectivity index (χ1n) is 13.0. The number of amidine groups is 1. The van der Waals surface area contributed by atoms with Gasteiger partial charge in [-0.2, -0.15) is 17.5 Å². The van der Waals surface area contributed by atoms with Gasteiger partial charge in [0.1, 0.15) is 17.2 Å². The van der Waals surface area contributed by atoms with E-state index in [9.17, 15) is 30.8 Å². The van der Waals surface area contributed by atoms with E-state index in [1.54, 1.807) is 6.92 Å². The van der Waals surface area contributed by atoms with Crippen molar-refractivity contribution in [2.45, 2.75) is 55.8 Å². The summed E-state index contributed by atoms with van der Waals surface area (Å²) in [6, 6.07) is 8.58. The number of carbonyl (C=O) groups excluding carboxylic acids is 1. The molecule has 1 atom stereocenters. The van der Waals surface area contributed by atoms with E-state index >= 15 is 0 Å². The first-order valence-corrected chi connectivity index (χ1v) is 14.5. The van der Waals surface area contributed by atoms with Crippen LogP contribution in [0.3, 0.4) is 0 Å². The summed E-state index contributed by atoms with van der Waals surface area (Å²) in [7, 11) is -4.14. The number of amides is 1. The number of hydrogen-bond donors (Lipinski definition) is 1. The number of halogens is 4. The molecule has 1 saturated heterocycles. The van der Waals surface area contributed by atoms with Crippen molar-refractivity contribution in [3.05, 3.63) is 77.6 Å². The van der Waals surface area contributed by atoms with Gasteiger partial charge in [-0.15, -0.1) is 0 Å². The van der Waals surface area contributed by atoms with Crippen molar-refractivity contribution in [1.82, 2.24) is 14.5 Å². The fraction of sp³-hybridized carbons (Fsp3) is 0.429. The molecule has 0 aliphatic carbocycles. The summed E-state index contributed by atoms with van der Waals surface area (Å²) in [5.74, 6) is -0.225. The molecular formula is C28H32F4N4O3S. The fourth-order valence-electron chi connectivity index (χ4n) is 4.77. The average molecular weight is 581 g/mol. The molecule has 2 aromatic rings.